The van der Waals surface area contributed by atoms with Gasteiger partial charge in [-0.3, -0.25) is 9.59 Å². The number of carbonyl (C=O) groups excluding carboxylic acids is 2. The van der Waals surface area contributed by atoms with E-state index < -0.39 is 11.5 Å². The van der Waals surface area contributed by atoms with Crippen molar-refractivity contribution in [2.24, 2.45) is 0 Å². The monoisotopic (exact) mass is 365 g/mol. The van der Waals surface area contributed by atoms with Crippen molar-refractivity contribution in [3.63, 3.8) is 0 Å². The highest BCUT2D eigenvalue weighted by Gasteiger charge is 2.15. The average molecular weight is 365 g/mol. The van der Waals surface area contributed by atoms with Gasteiger partial charge < -0.3 is 14.5 Å². The number of hydrogen-bond donors (Lipinski definition) is 1. The summed E-state index contributed by atoms with van der Waals surface area (Å²) in [5.74, 6) is 0.0537. The molecule has 3 rings (SSSR count). The van der Waals surface area contributed by atoms with Crippen LogP contribution >= 0.6 is 0 Å². The third-order valence-corrected chi connectivity index (χ3v) is 3.88. The minimum absolute atomic E-state index is 0.0290. The number of Topliss-reactive ketones (excluding diaryl/α,β-unsaturated/α-hetero) is 1. The summed E-state index contributed by atoms with van der Waals surface area (Å²) < 4.78 is 10.8. The quantitative estimate of drug-likeness (QED) is 0.545. The van der Waals surface area contributed by atoms with Crippen LogP contribution in [0.4, 0.5) is 5.69 Å². The Balaban J connectivity index is 1.93. The molecule has 0 radical (unpaired) electrons. The summed E-state index contributed by atoms with van der Waals surface area (Å²) >= 11 is 0. The highest BCUT2D eigenvalue weighted by molar-refractivity contribution is 6.12. The number of carbonyl (C=O) groups is 2. The summed E-state index contributed by atoms with van der Waals surface area (Å²) in [4.78, 5) is 35.9. The fourth-order valence-electron chi connectivity index (χ4n) is 2.66. The standard InChI is InChI=1S/C21H19NO5/c1-12(2)26-16-8-9-17-18(11-20(24)27-19(17)10-16)21(25)22-15-6-4-14(5-7-15)13(3)23/h4-12H,1-3H3,(H,22,25). The normalized spacial score (nSPS) is 10.8. The van der Waals surface area contributed by atoms with Crippen LogP contribution in [0, 0.1) is 0 Å². The summed E-state index contributed by atoms with van der Waals surface area (Å²) in [6.45, 7) is 5.25. The average Bonchev–Trinajstić information content (AvgIpc) is 2.60. The Morgan fingerprint density at radius 2 is 1.74 bits per heavy atom. The van der Waals surface area contributed by atoms with Gasteiger partial charge in [0.25, 0.3) is 5.91 Å². The summed E-state index contributed by atoms with van der Waals surface area (Å²) in [5.41, 5.74) is 0.926. The van der Waals surface area contributed by atoms with Crippen molar-refractivity contribution in [1.82, 2.24) is 0 Å². The van der Waals surface area contributed by atoms with Gasteiger partial charge in [-0.15, -0.1) is 0 Å². The third-order valence-electron chi connectivity index (χ3n) is 3.88. The SMILES string of the molecule is CC(=O)c1ccc(NC(=O)c2cc(=O)oc3cc(OC(C)C)ccc23)cc1. The number of rotatable bonds is 5. The zero-order valence-electron chi connectivity index (χ0n) is 15.2. The number of benzene rings is 2. The van der Waals surface area contributed by atoms with Crippen LogP contribution in [-0.4, -0.2) is 17.8 Å². The lowest BCUT2D eigenvalue weighted by atomic mass is 10.1. The molecule has 6 heteroatoms. The molecular weight excluding hydrogens is 346 g/mol. The highest BCUT2D eigenvalue weighted by Crippen LogP contribution is 2.24. The van der Waals surface area contributed by atoms with Gasteiger partial charge in [0.05, 0.1) is 11.7 Å². The molecule has 138 valence electrons. The number of ether oxygens (including phenoxy) is 1. The van der Waals surface area contributed by atoms with Gasteiger partial charge in [0.2, 0.25) is 0 Å². The zero-order valence-corrected chi connectivity index (χ0v) is 15.2. The molecule has 0 aliphatic carbocycles. The molecule has 0 spiro atoms. The lowest BCUT2D eigenvalue weighted by Gasteiger charge is -2.11. The maximum Gasteiger partial charge on any atom is 0.337 e. The van der Waals surface area contributed by atoms with Crippen LogP contribution in [0.2, 0.25) is 0 Å². The number of ketones is 1. The molecule has 6 nitrogen and oxygen atoms in total. The summed E-state index contributed by atoms with van der Waals surface area (Å²) in [7, 11) is 0. The predicted octanol–water partition coefficient (Wildman–Crippen LogP) is 4.04. The van der Waals surface area contributed by atoms with Crippen LogP contribution in [0.25, 0.3) is 11.0 Å². The predicted molar refractivity (Wildman–Crippen MR) is 103 cm³/mol. The summed E-state index contributed by atoms with van der Waals surface area (Å²) in [6.07, 6.45) is -0.0290. The van der Waals surface area contributed by atoms with E-state index in [4.69, 9.17) is 9.15 Å². The van der Waals surface area contributed by atoms with Crippen molar-refractivity contribution in [3.05, 3.63) is 70.1 Å². The molecule has 0 bridgehead atoms. The van der Waals surface area contributed by atoms with E-state index in [-0.39, 0.29) is 23.0 Å². The number of anilines is 1. The van der Waals surface area contributed by atoms with Crippen LogP contribution in [0.5, 0.6) is 5.75 Å². The minimum Gasteiger partial charge on any atom is -0.491 e. The summed E-state index contributed by atoms with van der Waals surface area (Å²) in [6, 6.07) is 12.7. The molecule has 0 fully saturated rings. The first-order valence-corrected chi connectivity index (χ1v) is 8.50. The van der Waals surface area contributed by atoms with E-state index in [0.29, 0.717) is 22.4 Å². The molecule has 2 aromatic carbocycles. The molecule has 3 aromatic rings. The van der Waals surface area contributed by atoms with Gasteiger partial charge in [0.15, 0.2) is 5.78 Å². The Hall–Kier alpha value is -3.41. The van der Waals surface area contributed by atoms with Gasteiger partial charge in [-0.1, -0.05) is 0 Å². The van der Waals surface area contributed by atoms with Crippen molar-refractivity contribution in [1.29, 1.82) is 0 Å². The first-order chi connectivity index (χ1) is 12.8. The molecule has 0 aliphatic rings. The first-order valence-electron chi connectivity index (χ1n) is 8.50. The Bertz CT molecular complexity index is 1060. The topological polar surface area (TPSA) is 85.6 Å². The van der Waals surface area contributed by atoms with Crippen molar-refractivity contribution in [2.75, 3.05) is 5.32 Å². The molecular formula is C21H19NO5. The largest absolute Gasteiger partial charge is 0.491 e. The van der Waals surface area contributed by atoms with Gasteiger partial charge in [-0.25, -0.2) is 4.79 Å². The Kier molecular flexibility index (Phi) is 5.07. The highest BCUT2D eigenvalue weighted by atomic mass is 16.5. The molecule has 1 aromatic heterocycles. The van der Waals surface area contributed by atoms with Crippen LogP contribution in [0.15, 0.2) is 57.7 Å². The van der Waals surface area contributed by atoms with Crippen LogP contribution < -0.4 is 15.7 Å². The maximum atomic E-state index is 12.7. The first kappa shape index (κ1) is 18.4. The van der Waals surface area contributed by atoms with Gasteiger partial charge >= 0.3 is 5.63 Å². The van der Waals surface area contributed by atoms with E-state index in [0.717, 1.165) is 6.07 Å². The molecule has 0 saturated carbocycles. The molecule has 0 aliphatic heterocycles. The number of hydrogen-bond acceptors (Lipinski definition) is 5. The molecule has 0 saturated heterocycles. The summed E-state index contributed by atoms with van der Waals surface area (Å²) in [5, 5.41) is 3.23. The van der Waals surface area contributed by atoms with E-state index in [1.807, 2.05) is 13.8 Å². The zero-order chi connectivity index (χ0) is 19.6. The molecule has 1 amide bonds. The molecule has 0 unspecified atom stereocenters. The minimum atomic E-state index is -0.624. The fraction of sp³-hybridized carbons (Fsp3) is 0.190. The van der Waals surface area contributed by atoms with Gasteiger partial charge in [0, 0.05) is 28.8 Å². The molecule has 0 atom stereocenters. The Morgan fingerprint density at radius 1 is 1.04 bits per heavy atom. The van der Waals surface area contributed by atoms with Gasteiger partial charge in [-0.2, -0.15) is 0 Å². The number of amides is 1. The van der Waals surface area contributed by atoms with Gasteiger partial charge in [-0.05, 0) is 57.2 Å². The fourth-order valence-corrected chi connectivity index (χ4v) is 2.66. The molecule has 1 N–H and O–H groups in total. The molecule has 1 heterocycles. The van der Waals surface area contributed by atoms with Crippen molar-refractivity contribution >= 4 is 28.3 Å². The maximum absolute atomic E-state index is 12.7. The van der Waals surface area contributed by atoms with E-state index in [1.165, 1.54) is 6.92 Å². The van der Waals surface area contributed by atoms with Crippen LogP contribution in [0.1, 0.15) is 41.5 Å². The number of nitrogens with one attached hydrogen (secondary N) is 1. The van der Waals surface area contributed by atoms with E-state index in [2.05, 4.69) is 5.32 Å². The lowest BCUT2D eigenvalue weighted by molar-refractivity contribution is 0.101. The van der Waals surface area contributed by atoms with Crippen LogP contribution in [0.3, 0.4) is 0 Å². The molecule has 27 heavy (non-hydrogen) atoms. The second kappa shape index (κ2) is 7.45. The smallest absolute Gasteiger partial charge is 0.337 e. The number of fused-ring (bicyclic) bond motifs is 1. The van der Waals surface area contributed by atoms with Crippen LogP contribution in [-0.2, 0) is 0 Å². The second-order valence-electron chi connectivity index (χ2n) is 6.39. The van der Waals surface area contributed by atoms with E-state index in [1.54, 1.807) is 42.5 Å². The van der Waals surface area contributed by atoms with Crippen molar-refractivity contribution in [2.45, 2.75) is 26.9 Å². The second-order valence-corrected chi connectivity index (χ2v) is 6.39. The van der Waals surface area contributed by atoms with E-state index >= 15 is 0 Å². The van der Waals surface area contributed by atoms with Crippen molar-refractivity contribution in [3.8, 4) is 5.75 Å². The van der Waals surface area contributed by atoms with Crippen molar-refractivity contribution < 1.29 is 18.7 Å². The van der Waals surface area contributed by atoms with Gasteiger partial charge in [0.1, 0.15) is 11.3 Å². The lowest BCUT2D eigenvalue weighted by Crippen LogP contribution is -2.15. The Morgan fingerprint density at radius 3 is 2.37 bits per heavy atom. The third kappa shape index (κ3) is 4.23. The Labute approximate surface area is 155 Å². The van der Waals surface area contributed by atoms with E-state index in [9.17, 15) is 14.4 Å².